The maximum atomic E-state index is 10.7. The van der Waals surface area contributed by atoms with Crippen LogP contribution in [0.1, 0.15) is 31.2 Å². The lowest BCUT2D eigenvalue weighted by Gasteiger charge is -2.28. The van der Waals surface area contributed by atoms with Crippen LogP contribution in [0.15, 0.2) is 12.1 Å². The quantitative estimate of drug-likeness (QED) is 0.871. The number of hydrogen-bond donors (Lipinski definition) is 1. The highest BCUT2D eigenvalue weighted by Crippen LogP contribution is 2.38. The van der Waals surface area contributed by atoms with Gasteiger partial charge in [-0.1, -0.05) is 11.6 Å². The first kappa shape index (κ1) is 14.0. The molecule has 104 valence electrons. The molecule has 1 aliphatic rings. The summed E-state index contributed by atoms with van der Waals surface area (Å²) >= 11 is 6.02. The Kier molecular flexibility index (Phi) is 4.53. The number of carbonyl (C=O) groups is 1. The van der Waals surface area contributed by atoms with E-state index in [1.807, 2.05) is 0 Å². The molecule has 0 unspecified atom stereocenters. The zero-order valence-corrected chi connectivity index (χ0v) is 11.6. The predicted molar refractivity (Wildman–Crippen MR) is 72.2 cm³/mol. The third-order valence-corrected chi connectivity index (χ3v) is 3.48. The highest BCUT2D eigenvalue weighted by atomic mass is 35.5. The predicted octanol–water partition coefficient (Wildman–Crippen LogP) is 3.30. The Morgan fingerprint density at radius 1 is 1.47 bits per heavy atom. The highest BCUT2D eigenvalue weighted by molar-refractivity contribution is 6.30. The summed E-state index contributed by atoms with van der Waals surface area (Å²) in [5.41, 5.74) is 0.790. The molecule has 1 fully saturated rings. The molecule has 0 amide bonds. The van der Waals surface area contributed by atoms with Gasteiger partial charge in [0, 0.05) is 23.1 Å². The molecule has 1 aromatic carbocycles. The maximum Gasteiger partial charge on any atom is 0.303 e. The van der Waals surface area contributed by atoms with Gasteiger partial charge in [0.1, 0.15) is 0 Å². The van der Waals surface area contributed by atoms with Gasteiger partial charge in [-0.2, -0.15) is 0 Å². The number of carboxylic acid groups (broad SMARTS) is 1. The average molecular weight is 285 g/mol. The molecule has 4 nitrogen and oxygen atoms in total. The lowest BCUT2D eigenvalue weighted by molar-refractivity contribution is -0.136. The molecule has 19 heavy (non-hydrogen) atoms. The maximum absolute atomic E-state index is 10.7. The van der Waals surface area contributed by atoms with Crippen LogP contribution in [0.2, 0.25) is 5.02 Å². The Morgan fingerprint density at radius 3 is 2.74 bits per heavy atom. The number of carboxylic acids is 1. The monoisotopic (exact) mass is 284 g/mol. The van der Waals surface area contributed by atoms with Crippen molar-refractivity contribution >= 4 is 17.6 Å². The summed E-state index contributed by atoms with van der Waals surface area (Å²) in [4.78, 5) is 10.7. The lowest BCUT2D eigenvalue weighted by Crippen LogP contribution is -2.25. The molecule has 1 N–H and O–H groups in total. The Morgan fingerprint density at radius 2 is 2.21 bits per heavy atom. The van der Waals surface area contributed by atoms with E-state index in [0.717, 1.165) is 18.4 Å². The van der Waals surface area contributed by atoms with E-state index in [1.54, 1.807) is 19.2 Å². The molecule has 5 heteroatoms. The molecule has 0 aromatic heterocycles. The van der Waals surface area contributed by atoms with E-state index < -0.39 is 5.97 Å². The minimum Gasteiger partial charge on any atom is -0.493 e. The van der Waals surface area contributed by atoms with Crippen molar-refractivity contribution in [3.63, 3.8) is 0 Å². The second-order valence-corrected chi connectivity index (χ2v) is 5.10. The van der Waals surface area contributed by atoms with Crippen molar-refractivity contribution in [2.24, 2.45) is 0 Å². The first-order chi connectivity index (χ1) is 9.10. The van der Waals surface area contributed by atoms with Crippen molar-refractivity contribution in [3.8, 4) is 11.5 Å². The molecule has 1 saturated carbocycles. The van der Waals surface area contributed by atoms with Crippen LogP contribution in [-0.2, 0) is 11.2 Å². The molecular weight excluding hydrogens is 268 g/mol. The number of ether oxygens (including phenoxy) is 2. The summed E-state index contributed by atoms with van der Waals surface area (Å²) < 4.78 is 11.2. The highest BCUT2D eigenvalue weighted by Gasteiger charge is 2.23. The van der Waals surface area contributed by atoms with Crippen LogP contribution < -0.4 is 9.47 Å². The van der Waals surface area contributed by atoms with E-state index in [-0.39, 0.29) is 12.5 Å². The van der Waals surface area contributed by atoms with Gasteiger partial charge >= 0.3 is 5.97 Å². The van der Waals surface area contributed by atoms with E-state index >= 15 is 0 Å². The number of aryl methyl sites for hydroxylation is 1. The second kappa shape index (κ2) is 6.15. The van der Waals surface area contributed by atoms with Crippen LogP contribution in [0, 0.1) is 0 Å². The van der Waals surface area contributed by atoms with Crippen LogP contribution in [0.5, 0.6) is 11.5 Å². The van der Waals surface area contributed by atoms with Crippen molar-refractivity contribution in [2.45, 2.75) is 38.2 Å². The molecule has 0 atom stereocenters. The van der Waals surface area contributed by atoms with E-state index in [9.17, 15) is 4.79 Å². The number of aliphatic carboxylic acids is 1. The SMILES string of the molecule is COc1cc(Cl)cc(CCC(=O)O)c1OC1CCC1. The van der Waals surface area contributed by atoms with Gasteiger partial charge in [-0.3, -0.25) is 4.79 Å². The molecule has 0 spiro atoms. The van der Waals surface area contributed by atoms with Gasteiger partial charge in [-0.15, -0.1) is 0 Å². The van der Waals surface area contributed by atoms with Crippen LogP contribution in [0.4, 0.5) is 0 Å². The van der Waals surface area contributed by atoms with Gasteiger partial charge in [0.2, 0.25) is 0 Å². The van der Waals surface area contributed by atoms with Crippen molar-refractivity contribution in [1.29, 1.82) is 0 Å². The largest absolute Gasteiger partial charge is 0.493 e. The molecule has 1 aliphatic carbocycles. The van der Waals surface area contributed by atoms with Crippen molar-refractivity contribution in [3.05, 3.63) is 22.7 Å². The van der Waals surface area contributed by atoms with E-state index in [0.29, 0.717) is 22.9 Å². The summed E-state index contributed by atoms with van der Waals surface area (Å²) in [6, 6.07) is 3.45. The Bertz CT molecular complexity index is 469. The fraction of sp³-hybridized carbons (Fsp3) is 0.500. The molecule has 0 saturated heterocycles. The van der Waals surface area contributed by atoms with Gasteiger partial charge in [0.05, 0.1) is 13.2 Å². The average Bonchev–Trinajstić information content (AvgIpc) is 2.31. The zero-order valence-electron chi connectivity index (χ0n) is 10.8. The molecule has 0 bridgehead atoms. The summed E-state index contributed by atoms with van der Waals surface area (Å²) in [7, 11) is 1.56. The number of hydrogen-bond acceptors (Lipinski definition) is 3. The Hall–Kier alpha value is -1.42. The van der Waals surface area contributed by atoms with Crippen molar-refractivity contribution < 1.29 is 19.4 Å². The lowest BCUT2D eigenvalue weighted by atomic mass is 9.96. The normalized spacial score (nSPS) is 14.8. The fourth-order valence-electron chi connectivity index (χ4n) is 1.99. The van der Waals surface area contributed by atoms with Gasteiger partial charge in [-0.05, 0) is 31.7 Å². The Labute approximate surface area is 117 Å². The molecule has 1 aromatic rings. The van der Waals surface area contributed by atoms with Gasteiger partial charge in [-0.25, -0.2) is 0 Å². The van der Waals surface area contributed by atoms with Crippen molar-refractivity contribution in [1.82, 2.24) is 0 Å². The second-order valence-electron chi connectivity index (χ2n) is 4.66. The summed E-state index contributed by atoms with van der Waals surface area (Å²) in [5.74, 6) is 0.367. The van der Waals surface area contributed by atoms with Gasteiger partial charge in [0.25, 0.3) is 0 Å². The summed E-state index contributed by atoms with van der Waals surface area (Å²) in [6.45, 7) is 0. The summed E-state index contributed by atoms with van der Waals surface area (Å²) in [5, 5.41) is 9.32. The van der Waals surface area contributed by atoms with Gasteiger partial charge in [0.15, 0.2) is 11.5 Å². The first-order valence-corrected chi connectivity index (χ1v) is 6.73. The zero-order chi connectivity index (χ0) is 13.8. The smallest absolute Gasteiger partial charge is 0.303 e. The molecule has 0 heterocycles. The third kappa shape index (κ3) is 3.53. The van der Waals surface area contributed by atoms with E-state index in [1.165, 1.54) is 6.42 Å². The molecule has 0 aliphatic heterocycles. The van der Waals surface area contributed by atoms with Gasteiger partial charge < -0.3 is 14.6 Å². The van der Waals surface area contributed by atoms with Crippen LogP contribution in [0.3, 0.4) is 0 Å². The number of rotatable bonds is 6. The molecular formula is C14H17ClO4. The van der Waals surface area contributed by atoms with E-state index in [4.69, 9.17) is 26.2 Å². The molecule has 2 rings (SSSR count). The topological polar surface area (TPSA) is 55.8 Å². The van der Waals surface area contributed by atoms with Crippen LogP contribution >= 0.6 is 11.6 Å². The van der Waals surface area contributed by atoms with Crippen LogP contribution in [0.25, 0.3) is 0 Å². The minimum atomic E-state index is -0.839. The third-order valence-electron chi connectivity index (χ3n) is 3.26. The minimum absolute atomic E-state index is 0.0462. The summed E-state index contributed by atoms with van der Waals surface area (Å²) in [6.07, 6.45) is 3.87. The number of benzene rings is 1. The molecule has 0 radical (unpaired) electrons. The Balaban J connectivity index is 2.25. The number of halogens is 1. The standard InChI is InChI=1S/C14H17ClO4/c1-18-12-8-10(15)7-9(5-6-13(16)17)14(12)19-11-3-2-4-11/h7-8,11H,2-6H2,1H3,(H,16,17). The number of methoxy groups -OCH3 is 1. The van der Waals surface area contributed by atoms with E-state index in [2.05, 4.69) is 0 Å². The van der Waals surface area contributed by atoms with Crippen molar-refractivity contribution in [2.75, 3.05) is 7.11 Å². The fourth-order valence-corrected chi connectivity index (χ4v) is 2.22. The first-order valence-electron chi connectivity index (χ1n) is 6.35. The van der Waals surface area contributed by atoms with Crippen LogP contribution in [-0.4, -0.2) is 24.3 Å².